The molecule has 2 aromatic rings. The molecular formula is C22H25ClFN3O4S. The van der Waals surface area contributed by atoms with E-state index in [1.165, 1.54) is 37.3 Å². The number of anilines is 2. The summed E-state index contributed by atoms with van der Waals surface area (Å²) in [6.07, 6.45) is 2.85. The lowest BCUT2D eigenvalue weighted by Gasteiger charge is -2.36. The van der Waals surface area contributed by atoms with E-state index in [9.17, 15) is 22.7 Å². The molecule has 4 rings (SSSR count). The highest BCUT2D eigenvalue weighted by atomic mass is 35.5. The number of halogens is 2. The van der Waals surface area contributed by atoms with Crippen LogP contribution in [0.3, 0.4) is 0 Å². The van der Waals surface area contributed by atoms with E-state index in [1.807, 2.05) is 7.05 Å². The number of piperidine rings is 1. The van der Waals surface area contributed by atoms with E-state index in [0.717, 1.165) is 12.8 Å². The first kappa shape index (κ1) is 22.8. The number of nitrogens with one attached hydrogen (secondary N) is 2. The zero-order chi connectivity index (χ0) is 23.2. The summed E-state index contributed by atoms with van der Waals surface area (Å²) in [6.45, 7) is 1.52. The van der Waals surface area contributed by atoms with Crippen molar-refractivity contribution in [2.24, 2.45) is 0 Å². The predicted octanol–water partition coefficient (Wildman–Crippen LogP) is 4.54. The molecule has 32 heavy (non-hydrogen) atoms. The smallest absolute Gasteiger partial charge is 0.323 e. The molecule has 2 amide bonds. The summed E-state index contributed by atoms with van der Waals surface area (Å²) in [6, 6.07) is 6.55. The Bertz CT molecular complexity index is 1160. The highest BCUT2D eigenvalue weighted by Crippen LogP contribution is 2.44. The van der Waals surface area contributed by atoms with Gasteiger partial charge in [0.25, 0.3) is 0 Å². The molecule has 172 valence electrons. The maximum atomic E-state index is 13.7. The Labute approximate surface area is 191 Å². The molecule has 0 spiro atoms. The van der Waals surface area contributed by atoms with Crippen molar-refractivity contribution in [2.75, 3.05) is 17.7 Å². The highest BCUT2D eigenvalue weighted by molar-refractivity contribution is 7.92. The molecule has 2 bridgehead atoms. The second-order valence-corrected chi connectivity index (χ2v) is 11.0. The third-order valence-corrected chi connectivity index (χ3v) is 9.30. The summed E-state index contributed by atoms with van der Waals surface area (Å²) in [5.74, 6) is -1.08. The van der Waals surface area contributed by atoms with Crippen molar-refractivity contribution in [3.05, 3.63) is 46.7 Å². The van der Waals surface area contributed by atoms with Gasteiger partial charge in [0.05, 0.1) is 16.0 Å². The van der Waals surface area contributed by atoms with Crippen LogP contribution in [0.4, 0.5) is 20.6 Å². The van der Waals surface area contributed by atoms with E-state index < -0.39 is 32.7 Å². The fraction of sp³-hybridized carbons (Fsp3) is 0.409. The molecule has 0 aliphatic carbocycles. The zero-order valence-electron chi connectivity index (χ0n) is 17.7. The average molecular weight is 482 g/mol. The third kappa shape index (κ3) is 4.04. The first-order chi connectivity index (χ1) is 15.1. The van der Waals surface area contributed by atoms with Gasteiger partial charge in [-0.15, -0.1) is 0 Å². The van der Waals surface area contributed by atoms with Crippen LogP contribution >= 0.6 is 11.6 Å². The summed E-state index contributed by atoms with van der Waals surface area (Å²) in [7, 11) is -1.92. The molecule has 2 saturated heterocycles. The third-order valence-electron chi connectivity index (χ3n) is 6.63. The van der Waals surface area contributed by atoms with Crippen molar-refractivity contribution in [2.45, 2.75) is 54.8 Å². The van der Waals surface area contributed by atoms with Crippen molar-refractivity contribution < 1.29 is 22.7 Å². The van der Waals surface area contributed by atoms with Crippen LogP contribution in [0.25, 0.3) is 0 Å². The van der Waals surface area contributed by atoms with Crippen LogP contribution in [0, 0.1) is 12.7 Å². The minimum Gasteiger partial charge on any atom is -0.504 e. The number of nitrogens with zero attached hydrogens (tertiary/aromatic N) is 1. The van der Waals surface area contributed by atoms with Crippen molar-refractivity contribution in [1.82, 2.24) is 4.90 Å². The van der Waals surface area contributed by atoms with Gasteiger partial charge in [0.15, 0.2) is 15.6 Å². The number of rotatable bonds is 4. The van der Waals surface area contributed by atoms with Crippen LogP contribution < -0.4 is 10.6 Å². The first-order valence-electron chi connectivity index (χ1n) is 10.4. The Morgan fingerprint density at radius 1 is 1.12 bits per heavy atom. The lowest BCUT2D eigenvalue weighted by atomic mass is 10.0. The SMILES string of the molecule is Cc1c(F)cccc1NC(=O)Nc1ccc(Cl)c(S(=O)(=O)C2C[C@H]3CC[C@@H](C2)N3C)c1O. The Balaban J connectivity index is 1.59. The van der Waals surface area contributed by atoms with Crippen molar-refractivity contribution in [1.29, 1.82) is 0 Å². The lowest BCUT2D eigenvalue weighted by molar-refractivity contribution is 0.180. The van der Waals surface area contributed by atoms with Gasteiger partial charge in [0.2, 0.25) is 0 Å². The number of phenols is 1. The molecule has 3 N–H and O–H groups in total. The number of aromatic hydroxyl groups is 1. The van der Waals surface area contributed by atoms with Gasteiger partial charge in [-0.3, -0.25) is 0 Å². The lowest BCUT2D eigenvalue weighted by Crippen LogP contribution is -2.44. The van der Waals surface area contributed by atoms with Crippen molar-refractivity contribution in [3.63, 3.8) is 0 Å². The Hall–Kier alpha value is -2.36. The van der Waals surface area contributed by atoms with Crippen LogP contribution in [0.5, 0.6) is 5.75 Å². The highest BCUT2D eigenvalue weighted by Gasteiger charge is 2.45. The van der Waals surface area contributed by atoms with E-state index >= 15 is 0 Å². The fourth-order valence-electron chi connectivity index (χ4n) is 4.72. The number of fused-ring (bicyclic) bond motifs is 2. The number of hydrogen-bond acceptors (Lipinski definition) is 5. The summed E-state index contributed by atoms with van der Waals surface area (Å²) in [4.78, 5) is 14.3. The summed E-state index contributed by atoms with van der Waals surface area (Å²) >= 11 is 6.21. The van der Waals surface area contributed by atoms with Gasteiger partial charge in [-0.2, -0.15) is 0 Å². The number of benzene rings is 2. The van der Waals surface area contributed by atoms with Crippen LogP contribution in [0.1, 0.15) is 31.2 Å². The second kappa shape index (κ2) is 8.53. The molecule has 2 aliphatic rings. The topological polar surface area (TPSA) is 98.7 Å². The molecule has 2 aliphatic heterocycles. The molecule has 0 radical (unpaired) electrons. The number of carbonyl (C=O) groups excluding carboxylic acids is 1. The van der Waals surface area contributed by atoms with Gasteiger partial charge in [-0.1, -0.05) is 17.7 Å². The standard InChI is InChI=1S/C22H25ClFN3O4S/c1-12-17(24)4-3-5-18(12)25-22(29)26-19-9-8-16(23)21(20(19)28)32(30,31)15-10-13-6-7-14(11-15)27(13)2/h3-5,8-9,13-15,28H,6-7,10-11H2,1-2H3,(H2,25,26,29)/t13-,14+,15?. The molecule has 10 heteroatoms. The monoisotopic (exact) mass is 481 g/mol. The summed E-state index contributed by atoms with van der Waals surface area (Å²) in [5, 5.41) is 15.0. The van der Waals surface area contributed by atoms with Gasteiger partial charge in [-0.05, 0) is 63.9 Å². The molecule has 2 fully saturated rings. The Morgan fingerprint density at radius 3 is 2.41 bits per heavy atom. The molecule has 7 nitrogen and oxygen atoms in total. The Morgan fingerprint density at radius 2 is 1.75 bits per heavy atom. The summed E-state index contributed by atoms with van der Waals surface area (Å²) < 4.78 is 40.6. The summed E-state index contributed by atoms with van der Waals surface area (Å²) in [5.41, 5.74) is 0.407. The largest absolute Gasteiger partial charge is 0.504 e. The normalized spacial score (nSPS) is 23.2. The maximum Gasteiger partial charge on any atom is 0.323 e. The molecule has 2 aromatic carbocycles. The van der Waals surface area contributed by atoms with Crippen molar-refractivity contribution in [3.8, 4) is 5.75 Å². The fourth-order valence-corrected chi connectivity index (χ4v) is 7.20. The average Bonchev–Trinajstić information content (AvgIpc) is 2.93. The number of urea groups is 1. The first-order valence-corrected chi connectivity index (χ1v) is 12.3. The van der Waals surface area contributed by atoms with Crippen LogP contribution in [-0.4, -0.2) is 48.8 Å². The molecule has 1 unspecified atom stereocenters. The molecular weight excluding hydrogens is 457 g/mol. The number of sulfone groups is 1. The van der Waals surface area contributed by atoms with Gasteiger partial charge in [-0.25, -0.2) is 17.6 Å². The van der Waals surface area contributed by atoms with Gasteiger partial charge in [0.1, 0.15) is 10.7 Å². The van der Waals surface area contributed by atoms with Gasteiger partial charge in [0, 0.05) is 23.3 Å². The van der Waals surface area contributed by atoms with E-state index in [2.05, 4.69) is 15.5 Å². The predicted molar refractivity (Wildman–Crippen MR) is 122 cm³/mol. The molecule has 0 saturated carbocycles. The van der Waals surface area contributed by atoms with E-state index in [0.29, 0.717) is 12.8 Å². The number of amides is 2. The molecule has 2 heterocycles. The maximum absolute atomic E-state index is 13.7. The van der Waals surface area contributed by atoms with E-state index in [4.69, 9.17) is 11.6 Å². The molecule has 3 atom stereocenters. The molecule has 0 aromatic heterocycles. The zero-order valence-corrected chi connectivity index (χ0v) is 19.3. The van der Waals surface area contributed by atoms with Gasteiger partial charge < -0.3 is 20.6 Å². The number of hydrogen-bond donors (Lipinski definition) is 3. The number of phenolic OH excluding ortho intramolecular Hbond substituents is 1. The minimum atomic E-state index is -3.93. The quantitative estimate of drug-likeness (QED) is 0.557. The van der Waals surface area contributed by atoms with Crippen LogP contribution in [-0.2, 0) is 9.84 Å². The number of carbonyl (C=O) groups is 1. The van der Waals surface area contributed by atoms with E-state index in [1.54, 1.807) is 0 Å². The van der Waals surface area contributed by atoms with Crippen LogP contribution in [0.15, 0.2) is 35.2 Å². The minimum absolute atomic E-state index is 0.0966. The van der Waals surface area contributed by atoms with Crippen molar-refractivity contribution >= 4 is 38.8 Å². The second-order valence-electron chi connectivity index (χ2n) is 8.45. The Kier molecular flexibility index (Phi) is 6.08. The van der Waals surface area contributed by atoms with Gasteiger partial charge >= 0.3 is 6.03 Å². The van der Waals surface area contributed by atoms with E-state index in [-0.39, 0.29) is 38.9 Å². The van der Waals surface area contributed by atoms with Crippen LogP contribution in [0.2, 0.25) is 5.02 Å².